The standard InChI is InChI=1S/C16H11BrClNO/c1-10-8-12(4-7-15(10)17)16(20)14(9-19)11-2-5-13(18)6-3-11/h2-8,14H,1H3. The third-order valence-electron chi connectivity index (χ3n) is 3.04. The molecule has 0 aliphatic heterocycles. The molecular weight excluding hydrogens is 338 g/mol. The summed E-state index contributed by atoms with van der Waals surface area (Å²) in [6.45, 7) is 1.91. The molecule has 1 unspecified atom stereocenters. The number of Topliss-reactive ketones (excluding diaryl/α,β-unsaturated/α-hetero) is 1. The van der Waals surface area contributed by atoms with Gasteiger partial charge in [-0.05, 0) is 42.3 Å². The van der Waals surface area contributed by atoms with Gasteiger partial charge in [0.15, 0.2) is 5.78 Å². The highest BCUT2D eigenvalue weighted by molar-refractivity contribution is 9.10. The average Bonchev–Trinajstić information content (AvgIpc) is 2.44. The highest BCUT2D eigenvalue weighted by Crippen LogP contribution is 2.24. The molecule has 0 heterocycles. The number of nitriles is 1. The van der Waals surface area contributed by atoms with Gasteiger partial charge in [-0.25, -0.2) is 0 Å². The van der Waals surface area contributed by atoms with Crippen molar-refractivity contribution in [2.75, 3.05) is 0 Å². The van der Waals surface area contributed by atoms with E-state index in [-0.39, 0.29) is 5.78 Å². The lowest BCUT2D eigenvalue weighted by Crippen LogP contribution is -2.11. The lowest BCUT2D eigenvalue weighted by Gasteiger charge is -2.10. The Hall–Kier alpha value is -1.63. The average molecular weight is 349 g/mol. The van der Waals surface area contributed by atoms with E-state index in [0.717, 1.165) is 10.0 Å². The number of carbonyl (C=O) groups excluding carboxylic acids is 1. The molecule has 0 N–H and O–H groups in total. The van der Waals surface area contributed by atoms with Crippen LogP contribution in [0.4, 0.5) is 0 Å². The second-order valence-corrected chi connectivity index (χ2v) is 5.73. The molecule has 0 fully saturated rings. The van der Waals surface area contributed by atoms with E-state index in [0.29, 0.717) is 16.1 Å². The first-order valence-electron chi connectivity index (χ1n) is 5.98. The maximum Gasteiger partial charge on any atom is 0.184 e. The van der Waals surface area contributed by atoms with Crippen molar-refractivity contribution in [3.8, 4) is 6.07 Å². The molecule has 20 heavy (non-hydrogen) atoms. The van der Waals surface area contributed by atoms with Crippen molar-refractivity contribution in [2.45, 2.75) is 12.8 Å². The van der Waals surface area contributed by atoms with Gasteiger partial charge in [0.2, 0.25) is 0 Å². The Bertz CT molecular complexity index is 689. The smallest absolute Gasteiger partial charge is 0.184 e. The van der Waals surface area contributed by atoms with Crippen LogP contribution in [0.15, 0.2) is 46.9 Å². The van der Waals surface area contributed by atoms with E-state index in [1.807, 2.05) is 13.0 Å². The van der Waals surface area contributed by atoms with Crippen molar-refractivity contribution >= 4 is 33.3 Å². The summed E-state index contributed by atoms with van der Waals surface area (Å²) in [7, 11) is 0. The summed E-state index contributed by atoms with van der Waals surface area (Å²) in [6, 6.07) is 14.2. The number of aryl methyl sites for hydroxylation is 1. The molecule has 0 saturated carbocycles. The Labute approximate surface area is 131 Å². The van der Waals surface area contributed by atoms with E-state index < -0.39 is 5.92 Å². The zero-order valence-electron chi connectivity index (χ0n) is 10.7. The lowest BCUT2D eigenvalue weighted by atomic mass is 9.91. The monoisotopic (exact) mass is 347 g/mol. The van der Waals surface area contributed by atoms with Gasteiger partial charge in [-0.3, -0.25) is 4.79 Å². The molecule has 0 saturated heterocycles. The van der Waals surface area contributed by atoms with Crippen molar-refractivity contribution in [3.63, 3.8) is 0 Å². The zero-order valence-corrected chi connectivity index (χ0v) is 13.1. The normalized spacial score (nSPS) is 11.7. The van der Waals surface area contributed by atoms with E-state index in [4.69, 9.17) is 11.6 Å². The first kappa shape index (κ1) is 14.8. The number of rotatable bonds is 3. The van der Waals surface area contributed by atoms with Crippen molar-refractivity contribution in [2.24, 2.45) is 0 Å². The molecular formula is C16H11BrClNO. The first-order valence-corrected chi connectivity index (χ1v) is 7.15. The topological polar surface area (TPSA) is 40.9 Å². The molecule has 0 amide bonds. The Balaban J connectivity index is 2.36. The summed E-state index contributed by atoms with van der Waals surface area (Å²) in [6.07, 6.45) is 0. The van der Waals surface area contributed by atoms with E-state index in [1.165, 1.54) is 0 Å². The van der Waals surface area contributed by atoms with Gasteiger partial charge in [0.1, 0.15) is 5.92 Å². The van der Waals surface area contributed by atoms with E-state index in [2.05, 4.69) is 22.0 Å². The van der Waals surface area contributed by atoms with Gasteiger partial charge < -0.3 is 0 Å². The van der Waals surface area contributed by atoms with E-state index in [9.17, 15) is 10.1 Å². The Morgan fingerprint density at radius 3 is 2.45 bits per heavy atom. The fourth-order valence-electron chi connectivity index (χ4n) is 1.90. The second-order valence-electron chi connectivity index (χ2n) is 4.44. The Morgan fingerprint density at radius 1 is 1.25 bits per heavy atom. The quantitative estimate of drug-likeness (QED) is 0.740. The SMILES string of the molecule is Cc1cc(C(=O)C(C#N)c2ccc(Cl)cc2)ccc1Br. The Kier molecular flexibility index (Phi) is 4.59. The van der Waals surface area contributed by atoms with Crippen LogP contribution in [-0.2, 0) is 0 Å². The van der Waals surface area contributed by atoms with Crippen LogP contribution in [0.3, 0.4) is 0 Å². The third-order valence-corrected chi connectivity index (χ3v) is 4.18. The molecule has 2 nitrogen and oxygen atoms in total. The minimum Gasteiger partial charge on any atom is -0.292 e. The maximum absolute atomic E-state index is 12.5. The van der Waals surface area contributed by atoms with Crippen molar-refractivity contribution < 1.29 is 4.79 Å². The molecule has 0 radical (unpaired) electrons. The molecule has 2 aromatic carbocycles. The van der Waals surface area contributed by atoms with E-state index >= 15 is 0 Å². The number of halogens is 2. The molecule has 0 bridgehead atoms. The van der Waals surface area contributed by atoms with Crippen LogP contribution in [-0.4, -0.2) is 5.78 Å². The highest BCUT2D eigenvalue weighted by atomic mass is 79.9. The first-order chi connectivity index (χ1) is 9.52. The fraction of sp³-hybridized carbons (Fsp3) is 0.125. The molecule has 2 rings (SSSR count). The number of nitrogens with zero attached hydrogens (tertiary/aromatic N) is 1. The predicted octanol–water partition coefficient (Wildman–Crippen LogP) is 4.90. The van der Waals surface area contributed by atoms with Crippen molar-refractivity contribution in [3.05, 3.63) is 68.7 Å². The van der Waals surface area contributed by atoms with Crippen molar-refractivity contribution in [1.82, 2.24) is 0 Å². The highest BCUT2D eigenvalue weighted by Gasteiger charge is 2.22. The molecule has 2 aromatic rings. The molecule has 100 valence electrons. The minimum atomic E-state index is -0.812. The van der Waals surface area contributed by atoms with Gasteiger partial charge in [-0.1, -0.05) is 45.7 Å². The predicted molar refractivity (Wildman–Crippen MR) is 83.0 cm³/mol. The van der Waals surface area contributed by atoms with Gasteiger partial charge >= 0.3 is 0 Å². The fourth-order valence-corrected chi connectivity index (χ4v) is 2.28. The summed E-state index contributed by atoms with van der Waals surface area (Å²) in [5.74, 6) is -1.02. The van der Waals surface area contributed by atoms with Crippen LogP contribution in [0, 0.1) is 18.3 Å². The molecule has 4 heteroatoms. The number of hydrogen-bond acceptors (Lipinski definition) is 2. The summed E-state index contributed by atoms with van der Waals surface area (Å²) in [5, 5.41) is 9.87. The molecule has 0 spiro atoms. The molecule has 0 aliphatic carbocycles. The van der Waals surface area contributed by atoms with Gasteiger partial charge in [0, 0.05) is 15.1 Å². The van der Waals surface area contributed by atoms with Gasteiger partial charge in [-0.2, -0.15) is 5.26 Å². The van der Waals surface area contributed by atoms with Crippen LogP contribution < -0.4 is 0 Å². The number of benzene rings is 2. The third kappa shape index (κ3) is 3.09. The molecule has 0 aliphatic rings. The van der Waals surface area contributed by atoms with Crippen LogP contribution in [0.2, 0.25) is 5.02 Å². The number of hydrogen-bond donors (Lipinski definition) is 0. The number of carbonyl (C=O) groups is 1. The van der Waals surface area contributed by atoms with Crippen LogP contribution in [0.5, 0.6) is 0 Å². The molecule has 0 aromatic heterocycles. The van der Waals surface area contributed by atoms with Gasteiger partial charge in [-0.15, -0.1) is 0 Å². The lowest BCUT2D eigenvalue weighted by molar-refractivity contribution is 0.0979. The van der Waals surface area contributed by atoms with Gasteiger partial charge in [0.05, 0.1) is 6.07 Å². The van der Waals surface area contributed by atoms with Crippen LogP contribution in [0.25, 0.3) is 0 Å². The van der Waals surface area contributed by atoms with Crippen LogP contribution >= 0.6 is 27.5 Å². The van der Waals surface area contributed by atoms with Crippen molar-refractivity contribution in [1.29, 1.82) is 5.26 Å². The zero-order chi connectivity index (χ0) is 14.7. The molecule has 1 atom stereocenters. The summed E-state index contributed by atoms with van der Waals surface area (Å²) >= 11 is 9.22. The second kappa shape index (κ2) is 6.21. The largest absolute Gasteiger partial charge is 0.292 e. The summed E-state index contributed by atoms with van der Waals surface area (Å²) in [5.41, 5.74) is 2.15. The van der Waals surface area contributed by atoms with Crippen LogP contribution in [0.1, 0.15) is 27.4 Å². The number of ketones is 1. The van der Waals surface area contributed by atoms with E-state index in [1.54, 1.807) is 36.4 Å². The maximum atomic E-state index is 12.5. The Morgan fingerprint density at radius 2 is 1.90 bits per heavy atom. The summed E-state index contributed by atoms with van der Waals surface area (Å²) < 4.78 is 0.939. The summed E-state index contributed by atoms with van der Waals surface area (Å²) in [4.78, 5) is 12.5. The minimum absolute atomic E-state index is 0.203. The van der Waals surface area contributed by atoms with Gasteiger partial charge in [0.25, 0.3) is 0 Å².